The lowest BCUT2D eigenvalue weighted by atomic mass is 10.1. The molecule has 3 aromatic carbocycles. The number of ketones is 1. The molecular weight excluding hydrogens is 514 g/mol. The Balaban J connectivity index is 1.51. The molecule has 1 aromatic heterocycles. The van der Waals surface area contributed by atoms with Gasteiger partial charge in [0.05, 0.1) is 19.3 Å². The third-order valence-electron chi connectivity index (χ3n) is 6.59. The molecule has 2 amide bonds. The number of Topliss-reactive ketones (excluding diaryl/α,β-unsaturated/α-hetero) is 1. The van der Waals surface area contributed by atoms with Gasteiger partial charge < -0.3 is 25.1 Å². The van der Waals surface area contributed by atoms with Gasteiger partial charge in [0.15, 0.2) is 0 Å². The summed E-state index contributed by atoms with van der Waals surface area (Å²) in [4.78, 5) is 41.1. The van der Waals surface area contributed by atoms with Crippen LogP contribution in [0.15, 0.2) is 60.7 Å². The van der Waals surface area contributed by atoms with Crippen LogP contribution in [-0.4, -0.2) is 51.4 Å². The van der Waals surface area contributed by atoms with Crippen molar-refractivity contribution in [1.29, 1.82) is 0 Å². The number of carbonyl (C=O) groups is 3. The lowest BCUT2D eigenvalue weighted by Gasteiger charge is -2.19. The lowest BCUT2D eigenvalue weighted by Crippen LogP contribution is -2.47. The Morgan fingerprint density at radius 3 is 2.54 bits per heavy atom. The number of aromatic nitrogens is 1. The molecule has 8 nitrogen and oxygen atoms in total. The van der Waals surface area contributed by atoms with Gasteiger partial charge in [-0.3, -0.25) is 13.8 Å². The van der Waals surface area contributed by atoms with Crippen LogP contribution in [0, 0.1) is 6.92 Å². The molecular formula is C30H33N3O5S. The maximum absolute atomic E-state index is 13.3. The van der Waals surface area contributed by atoms with Crippen LogP contribution in [0.5, 0.6) is 5.75 Å². The highest BCUT2D eigenvalue weighted by Gasteiger charge is 2.25. The molecule has 0 saturated carbocycles. The molecule has 0 fully saturated rings. The van der Waals surface area contributed by atoms with Crippen LogP contribution >= 0.6 is 0 Å². The van der Waals surface area contributed by atoms with Crippen LogP contribution in [0.1, 0.15) is 31.0 Å². The molecule has 0 aliphatic carbocycles. The molecule has 1 unspecified atom stereocenters. The van der Waals surface area contributed by atoms with Crippen molar-refractivity contribution in [3.63, 3.8) is 0 Å². The maximum atomic E-state index is 13.3. The summed E-state index contributed by atoms with van der Waals surface area (Å²) in [6, 6.07) is 18.0. The van der Waals surface area contributed by atoms with Crippen molar-refractivity contribution in [2.75, 3.05) is 23.9 Å². The Morgan fingerprint density at radius 2 is 1.79 bits per heavy atom. The first-order valence-corrected chi connectivity index (χ1v) is 14.3. The average molecular weight is 548 g/mol. The van der Waals surface area contributed by atoms with E-state index < -0.39 is 22.7 Å². The number of hydrogen-bond donors (Lipinski definition) is 3. The molecule has 39 heavy (non-hydrogen) atoms. The number of aromatic amines is 1. The number of amides is 2. The minimum absolute atomic E-state index is 0.0247. The zero-order valence-electron chi connectivity index (χ0n) is 22.3. The van der Waals surface area contributed by atoms with Crippen LogP contribution in [-0.2, 0) is 31.6 Å². The highest BCUT2D eigenvalue weighted by Crippen LogP contribution is 2.27. The summed E-state index contributed by atoms with van der Waals surface area (Å²) in [6.07, 6.45) is 0.830. The van der Waals surface area contributed by atoms with Gasteiger partial charge in [-0.15, -0.1) is 0 Å². The monoisotopic (exact) mass is 547 g/mol. The highest BCUT2D eigenvalue weighted by atomic mass is 32.2. The summed E-state index contributed by atoms with van der Waals surface area (Å²) in [5, 5.41) is 8.55. The van der Waals surface area contributed by atoms with Gasteiger partial charge in [0.1, 0.15) is 17.6 Å². The smallest absolute Gasteiger partial charge is 0.247 e. The molecule has 4 aromatic rings. The fraction of sp³-hybridized carbons (Fsp3) is 0.300. The normalized spacial score (nSPS) is 12.7. The molecule has 9 heteroatoms. The van der Waals surface area contributed by atoms with Gasteiger partial charge in [-0.05, 0) is 66.9 Å². The van der Waals surface area contributed by atoms with E-state index in [1.807, 2.05) is 61.5 Å². The van der Waals surface area contributed by atoms with Crippen molar-refractivity contribution in [2.24, 2.45) is 0 Å². The zero-order valence-corrected chi connectivity index (χ0v) is 23.2. The fourth-order valence-corrected chi connectivity index (χ4v) is 5.79. The second-order valence-electron chi connectivity index (χ2n) is 9.60. The third-order valence-corrected chi connectivity index (χ3v) is 8.04. The van der Waals surface area contributed by atoms with E-state index in [2.05, 4.69) is 15.6 Å². The molecule has 2 atom stereocenters. The number of benzene rings is 3. The molecule has 0 aliphatic rings. The minimum atomic E-state index is -1.40. The van der Waals surface area contributed by atoms with E-state index in [-0.39, 0.29) is 29.6 Å². The van der Waals surface area contributed by atoms with Crippen LogP contribution in [0.2, 0.25) is 0 Å². The van der Waals surface area contributed by atoms with E-state index in [0.29, 0.717) is 24.3 Å². The molecule has 1 heterocycles. The van der Waals surface area contributed by atoms with Gasteiger partial charge >= 0.3 is 0 Å². The number of H-pyrrole nitrogens is 1. The zero-order chi connectivity index (χ0) is 27.9. The number of fused-ring (bicyclic) bond motifs is 2. The first kappa shape index (κ1) is 28.0. The van der Waals surface area contributed by atoms with E-state index in [1.54, 1.807) is 13.2 Å². The number of rotatable bonds is 12. The molecule has 0 saturated heterocycles. The van der Waals surface area contributed by atoms with E-state index in [9.17, 15) is 18.6 Å². The van der Waals surface area contributed by atoms with E-state index in [0.717, 1.165) is 32.9 Å². The van der Waals surface area contributed by atoms with Gasteiger partial charge in [-0.25, -0.2) is 0 Å². The quantitative estimate of drug-likeness (QED) is 0.243. The molecule has 0 aliphatic heterocycles. The summed E-state index contributed by atoms with van der Waals surface area (Å²) in [5.41, 5.74) is 3.11. The lowest BCUT2D eigenvalue weighted by molar-refractivity contribution is -0.125. The number of nitrogens with one attached hydrogen (secondary N) is 3. The van der Waals surface area contributed by atoms with Gasteiger partial charge in [-0.2, -0.15) is 0 Å². The van der Waals surface area contributed by atoms with E-state index in [1.165, 1.54) is 6.92 Å². The van der Waals surface area contributed by atoms with Gasteiger partial charge in [-0.1, -0.05) is 30.3 Å². The Kier molecular flexibility index (Phi) is 9.14. The SMILES string of the molecule is COc1ccc2[nH]c(C)c(CC(=O)N[C@@H](CS(=O)CCCC(C)=O)C(=O)Nc3ccc4ccccc4c3)c2c1. The molecule has 4 rings (SSSR count). The number of aryl methyl sites for hydroxylation is 1. The summed E-state index contributed by atoms with van der Waals surface area (Å²) >= 11 is 0. The van der Waals surface area contributed by atoms with Crippen molar-refractivity contribution < 1.29 is 23.3 Å². The summed E-state index contributed by atoms with van der Waals surface area (Å²) in [7, 11) is 0.182. The summed E-state index contributed by atoms with van der Waals surface area (Å²) < 4.78 is 18.2. The number of hydrogen-bond acceptors (Lipinski definition) is 5. The van der Waals surface area contributed by atoms with Crippen LogP contribution in [0.25, 0.3) is 21.7 Å². The Morgan fingerprint density at radius 1 is 1.03 bits per heavy atom. The molecule has 0 spiro atoms. The van der Waals surface area contributed by atoms with Crippen molar-refractivity contribution in [1.82, 2.24) is 10.3 Å². The van der Waals surface area contributed by atoms with Crippen LogP contribution in [0.3, 0.4) is 0 Å². The Bertz CT molecular complexity index is 1540. The second kappa shape index (κ2) is 12.7. The van der Waals surface area contributed by atoms with Crippen LogP contribution < -0.4 is 15.4 Å². The molecule has 0 radical (unpaired) electrons. The number of carbonyl (C=O) groups excluding carboxylic acids is 3. The molecule has 3 N–H and O–H groups in total. The maximum Gasteiger partial charge on any atom is 0.247 e. The third kappa shape index (κ3) is 7.32. The highest BCUT2D eigenvalue weighted by molar-refractivity contribution is 7.85. The predicted octanol–water partition coefficient (Wildman–Crippen LogP) is 4.42. The Hall–Kier alpha value is -3.98. The molecule has 204 valence electrons. The van der Waals surface area contributed by atoms with Gasteiger partial charge in [0.25, 0.3) is 0 Å². The van der Waals surface area contributed by atoms with Gasteiger partial charge in [0, 0.05) is 45.3 Å². The predicted molar refractivity (Wildman–Crippen MR) is 156 cm³/mol. The summed E-state index contributed by atoms with van der Waals surface area (Å²) in [5.74, 6) is 0.116. The topological polar surface area (TPSA) is 117 Å². The molecule has 0 bridgehead atoms. The number of methoxy groups -OCH3 is 1. The van der Waals surface area contributed by atoms with E-state index in [4.69, 9.17) is 4.74 Å². The van der Waals surface area contributed by atoms with Crippen LogP contribution in [0.4, 0.5) is 5.69 Å². The van der Waals surface area contributed by atoms with E-state index >= 15 is 0 Å². The first-order valence-electron chi connectivity index (χ1n) is 12.8. The second-order valence-corrected chi connectivity index (χ2v) is 11.2. The fourth-order valence-electron chi connectivity index (χ4n) is 4.55. The van der Waals surface area contributed by atoms with Crippen molar-refractivity contribution in [2.45, 2.75) is 39.2 Å². The standard InChI is InChI=1S/C30H33N3O5S/c1-19(34)7-6-14-39(37)18-28(30(36)32-23-11-10-21-8-4-5-9-22(21)15-23)33-29(35)17-25-20(2)31-27-13-12-24(38-3)16-26(25)27/h4-5,8-13,15-16,28,31H,6-7,14,17-18H2,1-3H3,(H,32,36)(H,33,35)/t28-,39?/m0/s1. The van der Waals surface area contributed by atoms with Gasteiger partial charge in [0.2, 0.25) is 11.8 Å². The minimum Gasteiger partial charge on any atom is -0.497 e. The Labute approximate surface area is 230 Å². The van der Waals surface area contributed by atoms with Crippen molar-refractivity contribution in [3.8, 4) is 5.75 Å². The number of ether oxygens (including phenoxy) is 1. The summed E-state index contributed by atoms with van der Waals surface area (Å²) in [6.45, 7) is 3.38. The van der Waals surface area contributed by atoms with Crippen molar-refractivity contribution >= 4 is 55.8 Å². The number of anilines is 1. The van der Waals surface area contributed by atoms with Crippen molar-refractivity contribution in [3.05, 3.63) is 71.9 Å². The first-order chi connectivity index (χ1) is 18.7. The largest absolute Gasteiger partial charge is 0.497 e. The average Bonchev–Trinajstić information content (AvgIpc) is 3.21.